The molecule has 102 valence electrons. The van der Waals surface area contributed by atoms with Crippen LogP contribution in [0.25, 0.3) is 0 Å². The first kappa shape index (κ1) is 14.6. The number of para-hydroxylation sites is 1. The van der Waals surface area contributed by atoms with Crippen LogP contribution < -0.4 is 0 Å². The van der Waals surface area contributed by atoms with Crippen molar-refractivity contribution < 1.29 is 4.79 Å². The van der Waals surface area contributed by atoms with Crippen LogP contribution in [-0.2, 0) is 11.2 Å². The van der Waals surface area contributed by atoms with Crippen molar-refractivity contribution >= 4 is 23.5 Å². The van der Waals surface area contributed by atoms with Crippen molar-refractivity contribution in [3.05, 3.63) is 54.1 Å². The molecule has 0 aliphatic heterocycles. The summed E-state index contributed by atoms with van der Waals surface area (Å²) in [5, 5.41) is 0. The Morgan fingerprint density at radius 2 is 2.00 bits per heavy atom. The van der Waals surface area contributed by atoms with E-state index >= 15 is 0 Å². The fraction of sp³-hybridized carbons (Fsp3) is 0.235. The van der Waals surface area contributed by atoms with Gasteiger partial charge < -0.3 is 0 Å². The van der Waals surface area contributed by atoms with Crippen LogP contribution in [0, 0.1) is 0 Å². The standard InChI is InChI=1S/C17H17NOS/c1-2-3-7-14-8-6-9-15(12-14)20-17-11-5-4-10-16(17)18-13-19/h4-6,8-12H,2-3,7H2,1H3. The topological polar surface area (TPSA) is 29.4 Å². The van der Waals surface area contributed by atoms with Gasteiger partial charge in [-0.25, -0.2) is 4.79 Å². The molecule has 0 heterocycles. The maximum absolute atomic E-state index is 10.5. The number of hydrogen-bond donors (Lipinski definition) is 0. The Hall–Kier alpha value is -1.83. The summed E-state index contributed by atoms with van der Waals surface area (Å²) in [7, 11) is 0. The summed E-state index contributed by atoms with van der Waals surface area (Å²) in [6.45, 7) is 2.20. The lowest BCUT2D eigenvalue weighted by atomic mass is 10.1. The van der Waals surface area contributed by atoms with Crippen molar-refractivity contribution in [2.75, 3.05) is 0 Å². The van der Waals surface area contributed by atoms with Gasteiger partial charge in [0.05, 0.1) is 5.69 Å². The Labute approximate surface area is 123 Å². The minimum absolute atomic E-state index is 0.673. The van der Waals surface area contributed by atoms with Gasteiger partial charge in [0.1, 0.15) is 0 Å². The molecule has 0 saturated carbocycles. The summed E-state index contributed by atoms with van der Waals surface area (Å²) >= 11 is 1.63. The zero-order valence-electron chi connectivity index (χ0n) is 11.5. The lowest BCUT2D eigenvalue weighted by Gasteiger charge is -2.06. The van der Waals surface area contributed by atoms with Crippen LogP contribution in [0.2, 0.25) is 0 Å². The van der Waals surface area contributed by atoms with Crippen LogP contribution in [0.4, 0.5) is 5.69 Å². The highest BCUT2D eigenvalue weighted by Crippen LogP contribution is 2.35. The molecule has 0 aromatic heterocycles. The van der Waals surface area contributed by atoms with Crippen molar-refractivity contribution in [1.82, 2.24) is 0 Å². The van der Waals surface area contributed by atoms with E-state index in [0.717, 1.165) is 11.3 Å². The maximum Gasteiger partial charge on any atom is 0.240 e. The van der Waals surface area contributed by atoms with E-state index in [4.69, 9.17) is 0 Å². The first-order chi connectivity index (χ1) is 9.83. The Bertz CT molecular complexity index is 618. The molecular formula is C17H17NOS. The van der Waals surface area contributed by atoms with Gasteiger partial charge >= 0.3 is 0 Å². The van der Waals surface area contributed by atoms with Crippen LogP contribution in [0.15, 0.2) is 63.3 Å². The van der Waals surface area contributed by atoms with Crippen LogP contribution in [0.3, 0.4) is 0 Å². The Kier molecular flexibility index (Phi) is 5.60. The number of unbranched alkanes of at least 4 members (excludes halogenated alkanes) is 1. The van der Waals surface area contributed by atoms with Crippen molar-refractivity contribution in [3.8, 4) is 0 Å². The van der Waals surface area contributed by atoms with Gasteiger partial charge in [-0.05, 0) is 42.7 Å². The zero-order chi connectivity index (χ0) is 14.2. The molecule has 0 radical (unpaired) electrons. The fourth-order valence-corrected chi connectivity index (χ4v) is 2.93. The average Bonchev–Trinajstić information content (AvgIpc) is 2.48. The Morgan fingerprint density at radius 3 is 2.80 bits per heavy atom. The highest BCUT2D eigenvalue weighted by Gasteiger charge is 2.04. The molecule has 3 heteroatoms. The van der Waals surface area contributed by atoms with E-state index in [1.807, 2.05) is 24.3 Å². The smallest absolute Gasteiger partial charge is 0.211 e. The molecule has 2 aromatic carbocycles. The van der Waals surface area contributed by atoms with E-state index in [2.05, 4.69) is 36.2 Å². The molecule has 2 rings (SSSR count). The van der Waals surface area contributed by atoms with Crippen molar-refractivity contribution in [2.24, 2.45) is 4.99 Å². The third kappa shape index (κ3) is 4.09. The molecule has 2 nitrogen and oxygen atoms in total. The van der Waals surface area contributed by atoms with Crippen molar-refractivity contribution in [1.29, 1.82) is 0 Å². The number of benzene rings is 2. The number of isocyanates is 1. The minimum Gasteiger partial charge on any atom is -0.211 e. The van der Waals surface area contributed by atoms with Crippen molar-refractivity contribution in [3.63, 3.8) is 0 Å². The van der Waals surface area contributed by atoms with Gasteiger partial charge in [0.25, 0.3) is 0 Å². The second-order valence-electron chi connectivity index (χ2n) is 4.52. The second kappa shape index (κ2) is 7.68. The number of hydrogen-bond acceptors (Lipinski definition) is 3. The molecule has 0 fully saturated rings. The normalized spacial score (nSPS) is 10.1. The molecule has 0 saturated heterocycles. The second-order valence-corrected chi connectivity index (χ2v) is 5.64. The molecule has 20 heavy (non-hydrogen) atoms. The SMILES string of the molecule is CCCCc1cccc(Sc2ccccc2N=C=O)c1. The van der Waals surface area contributed by atoms with Crippen molar-refractivity contribution in [2.45, 2.75) is 36.0 Å². The summed E-state index contributed by atoms with van der Waals surface area (Å²) < 4.78 is 0. The summed E-state index contributed by atoms with van der Waals surface area (Å²) in [6, 6.07) is 16.2. The van der Waals surface area contributed by atoms with Gasteiger partial charge in [0.2, 0.25) is 6.08 Å². The Balaban J connectivity index is 2.19. The summed E-state index contributed by atoms with van der Waals surface area (Å²) in [5.74, 6) is 0. The van der Waals surface area contributed by atoms with E-state index in [-0.39, 0.29) is 0 Å². The zero-order valence-corrected chi connectivity index (χ0v) is 12.3. The molecule has 0 atom stereocenters. The van der Waals surface area contributed by atoms with Gasteiger partial charge in [0.15, 0.2) is 0 Å². The quantitative estimate of drug-likeness (QED) is 0.542. The van der Waals surface area contributed by atoms with Gasteiger partial charge in [-0.2, -0.15) is 4.99 Å². The number of nitrogens with zero attached hydrogens (tertiary/aromatic N) is 1. The van der Waals surface area contributed by atoms with Gasteiger partial charge in [-0.1, -0.05) is 49.4 Å². The molecule has 0 unspecified atom stereocenters. The molecule has 2 aromatic rings. The van der Waals surface area contributed by atoms with E-state index in [0.29, 0.717) is 5.69 Å². The molecule has 0 aliphatic carbocycles. The highest BCUT2D eigenvalue weighted by molar-refractivity contribution is 7.99. The lowest BCUT2D eigenvalue weighted by molar-refractivity contribution is 0.565. The van der Waals surface area contributed by atoms with E-state index in [9.17, 15) is 4.79 Å². The number of aliphatic imine (C=N–C) groups is 1. The number of rotatable bonds is 6. The predicted molar refractivity (Wildman–Crippen MR) is 83.4 cm³/mol. The molecule has 0 N–H and O–H groups in total. The number of carbonyl (C=O) groups excluding carboxylic acids is 1. The third-order valence-corrected chi connectivity index (χ3v) is 4.03. The monoisotopic (exact) mass is 283 g/mol. The molecule has 0 spiro atoms. The lowest BCUT2D eigenvalue weighted by Crippen LogP contribution is -1.85. The van der Waals surface area contributed by atoms with Crippen LogP contribution in [0.1, 0.15) is 25.3 Å². The van der Waals surface area contributed by atoms with Crippen LogP contribution in [0.5, 0.6) is 0 Å². The summed E-state index contributed by atoms with van der Waals surface area (Å²) in [5.41, 5.74) is 2.03. The summed E-state index contributed by atoms with van der Waals surface area (Å²) in [6.07, 6.45) is 5.13. The molecule has 0 bridgehead atoms. The van der Waals surface area contributed by atoms with Crippen LogP contribution >= 0.6 is 11.8 Å². The predicted octanol–water partition coefficient (Wildman–Crippen LogP) is 5.15. The average molecular weight is 283 g/mol. The van der Waals surface area contributed by atoms with E-state index in [1.165, 1.54) is 23.3 Å². The number of aryl methyl sites for hydroxylation is 1. The summed E-state index contributed by atoms with van der Waals surface area (Å²) in [4.78, 5) is 16.3. The minimum atomic E-state index is 0.673. The molecule has 0 amide bonds. The highest BCUT2D eigenvalue weighted by atomic mass is 32.2. The van der Waals surface area contributed by atoms with Gasteiger partial charge in [0, 0.05) is 9.79 Å². The maximum atomic E-state index is 10.5. The van der Waals surface area contributed by atoms with E-state index in [1.54, 1.807) is 17.8 Å². The third-order valence-electron chi connectivity index (χ3n) is 2.98. The first-order valence-corrected chi connectivity index (χ1v) is 7.59. The van der Waals surface area contributed by atoms with Gasteiger partial charge in [-0.3, -0.25) is 0 Å². The Morgan fingerprint density at radius 1 is 1.15 bits per heavy atom. The molecular weight excluding hydrogens is 266 g/mol. The molecule has 0 aliphatic rings. The van der Waals surface area contributed by atoms with Gasteiger partial charge in [-0.15, -0.1) is 0 Å². The first-order valence-electron chi connectivity index (χ1n) is 6.77. The van der Waals surface area contributed by atoms with E-state index < -0.39 is 0 Å². The largest absolute Gasteiger partial charge is 0.240 e. The van der Waals surface area contributed by atoms with Crippen LogP contribution in [-0.4, -0.2) is 6.08 Å². The fourth-order valence-electron chi connectivity index (χ4n) is 1.96.